The van der Waals surface area contributed by atoms with Gasteiger partial charge in [-0.05, 0) is 31.2 Å². The number of nitrogens with two attached hydrogens (primary N) is 1. The van der Waals surface area contributed by atoms with Gasteiger partial charge in [0.25, 0.3) is 0 Å². The minimum absolute atomic E-state index is 0.0147. The van der Waals surface area contributed by atoms with E-state index >= 15 is 0 Å². The van der Waals surface area contributed by atoms with Gasteiger partial charge in [0.2, 0.25) is 5.91 Å². The van der Waals surface area contributed by atoms with Gasteiger partial charge in [-0.1, -0.05) is 6.92 Å². The molecule has 10 heteroatoms. The van der Waals surface area contributed by atoms with Crippen molar-refractivity contribution in [3.8, 4) is 6.07 Å². The predicted molar refractivity (Wildman–Crippen MR) is 114 cm³/mol. The van der Waals surface area contributed by atoms with Gasteiger partial charge in [-0.25, -0.2) is 19.3 Å². The Bertz CT molecular complexity index is 1050. The quantitative estimate of drug-likeness (QED) is 0.754. The zero-order valence-corrected chi connectivity index (χ0v) is 17.7. The summed E-state index contributed by atoms with van der Waals surface area (Å²) >= 11 is 0. The molecule has 4 rings (SSSR count). The molecular weight excluding hydrogens is 398 g/mol. The van der Waals surface area contributed by atoms with Gasteiger partial charge < -0.3 is 20.6 Å². The Balaban J connectivity index is 1.72. The molecule has 1 aliphatic heterocycles. The number of nitriles is 1. The summed E-state index contributed by atoms with van der Waals surface area (Å²) in [4.78, 5) is 37.2. The van der Waals surface area contributed by atoms with Gasteiger partial charge in [0, 0.05) is 38.3 Å². The van der Waals surface area contributed by atoms with Crippen molar-refractivity contribution in [2.45, 2.75) is 50.6 Å². The molecule has 1 amide bonds. The van der Waals surface area contributed by atoms with Crippen molar-refractivity contribution in [2.75, 3.05) is 25.0 Å². The van der Waals surface area contributed by atoms with E-state index in [2.05, 4.69) is 11.9 Å². The number of hydrogen-bond donors (Lipinski definition) is 2. The first kappa shape index (κ1) is 21.1. The maximum atomic E-state index is 12.3. The van der Waals surface area contributed by atoms with Gasteiger partial charge in [0.1, 0.15) is 18.1 Å². The second-order valence-electron chi connectivity index (χ2n) is 8.66. The van der Waals surface area contributed by atoms with Gasteiger partial charge in [-0.15, -0.1) is 0 Å². The summed E-state index contributed by atoms with van der Waals surface area (Å²) in [5.74, 6) is 1.51. The number of aromatic nitrogens is 3. The molecule has 164 valence electrons. The van der Waals surface area contributed by atoms with Crippen LogP contribution >= 0.6 is 0 Å². The highest BCUT2D eigenvalue weighted by Crippen LogP contribution is 2.37. The third-order valence-electron chi connectivity index (χ3n) is 6.62. The molecule has 0 aromatic carbocycles. The molecule has 1 saturated heterocycles. The molecule has 31 heavy (non-hydrogen) atoms. The zero-order valence-electron chi connectivity index (χ0n) is 17.7. The number of piperidine rings is 1. The van der Waals surface area contributed by atoms with Crippen molar-refractivity contribution in [1.82, 2.24) is 19.4 Å². The lowest BCUT2D eigenvalue weighted by atomic mass is 9.80. The van der Waals surface area contributed by atoms with Crippen molar-refractivity contribution in [2.24, 2.45) is 11.7 Å². The third kappa shape index (κ3) is 3.81. The Kier molecular flexibility index (Phi) is 5.54. The monoisotopic (exact) mass is 425 g/mol. The number of fused-ring (bicyclic) bond motifs is 1. The Labute approximate surface area is 180 Å². The van der Waals surface area contributed by atoms with E-state index in [1.807, 2.05) is 18.0 Å². The number of carbonyl (C=O) groups is 2. The molecule has 10 nitrogen and oxygen atoms in total. The van der Waals surface area contributed by atoms with Crippen molar-refractivity contribution in [3.05, 3.63) is 18.1 Å². The van der Waals surface area contributed by atoms with Crippen molar-refractivity contribution in [3.63, 3.8) is 0 Å². The third-order valence-corrected chi connectivity index (χ3v) is 6.62. The van der Waals surface area contributed by atoms with Crippen LogP contribution in [0.4, 0.5) is 10.6 Å². The smallest absolute Gasteiger partial charge is 0.417 e. The molecular formula is C21H27N7O3. The molecule has 1 aliphatic carbocycles. The molecule has 1 saturated carbocycles. The predicted octanol–water partition coefficient (Wildman–Crippen LogP) is 1.75. The average molecular weight is 425 g/mol. The first-order valence-corrected chi connectivity index (χ1v) is 10.6. The SMILES string of the molecule is C[C@@H]1CCN(C(=O)CC#N)C[C@@H]1N(C)c1nc(C2CC(N)C2)nc2c1ccn2C(=O)O. The second-order valence-corrected chi connectivity index (χ2v) is 8.66. The number of anilines is 1. The number of likely N-dealkylation sites (tertiary alicyclic amines) is 1. The molecule has 0 unspecified atom stereocenters. The lowest BCUT2D eigenvalue weighted by Crippen LogP contribution is -2.52. The summed E-state index contributed by atoms with van der Waals surface area (Å²) in [7, 11) is 1.93. The Morgan fingerprint density at radius 3 is 2.77 bits per heavy atom. The summed E-state index contributed by atoms with van der Waals surface area (Å²) in [5, 5.41) is 19.1. The van der Waals surface area contributed by atoms with Crippen LogP contribution in [0.2, 0.25) is 0 Å². The van der Waals surface area contributed by atoms with Crippen LogP contribution < -0.4 is 10.6 Å². The number of carbonyl (C=O) groups excluding carboxylic acids is 1. The van der Waals surface area contributed by atoms with E-state index in [-0.39, 0.29) is 30.3 Å². The van der Waals surface area contributed by atoms with Crippen LogP contribution in [-0.2, 0) is 4.79 Å². The molecule has 3 N–H and O–H groups in total. The van der Waals surface area contributed by atoms with Crippen LogP contribution in [0.3, 0.4) is 0 Å². The summed E-state index contributed by atoms with van der Waals surface area (Å²) < 4.78 is 1.11. The zero-order chi connectivity index (χ0) is 22.3. The van der Waals surface area contributed by atoms with Gasteiger partial charge in [0.05, 0.1) is 17.5 Å². The molecule has 0 bridgehead atoms. The number of hydrogen-bond acceptors (Lipinski definition) is 7. The molecule has 2 fully saturated rings. The van der Waals surface area contributed by atoms with Crippen LogP contribution in [0.1, 0.15) is 44.3 Å². The fourth-order valence-corrected chi connectivity index (χ4v) is 4.61. The van der Waals surface area contributed by atoms with E-state index in [0.29, 0.717) is 41.7 Å². The highest BCUT2D eigenvalue weighted by Gasteiger charge is 2.35. The highest BCUT2D eigenvalue weighted by atomic mass is 16.4. The Morgan fingerprint density at radius 1 is 1.39 bits per heavy atom. The van der Waals surface area contributed by atoms with Crippen LogP contribution in [0.5, 0.6) is 0 Å². The maximum Gasteiger partial charge on any atom is 0.417 e. The molecule has 0 spiro atoms. The normalized spacial score (nSPS) is 25.7. The first-order valence-electron chi connectivity index (χ1n) is 10.6. The Morgan fingerprint density at radius 2 is 2.13 bits per heavy atom. The first-order chi connectivity index (χ1) is 14.8. The standard InChI is InChI=1S/C21H27N7O3/c1-12-4-7-27(17(29)3-6-22)11-16(12)26(2)19-15-5-8-28(21(30)31)20(15)25-18(24-19)13-9-14(23)10-13/h5,8,12-14,16H,3-4,7,9-11,23H2,1-2H3,(H,30,31)/t12-,13?,14?,16+/m1/s1. The van der Waals surface area contributed by atoms with E-state index in [9.17, 15) is 14.7 Å². The number of likely N-dealkylation sites (N-methyl/N-ethyl adjacent to an activating group) is 1. The fourth-order valence-electron chi connectivity index (χ4n) is 4.61. The van der Waals surface area contributed by atoms with E-state index in [0.717, 1.165) is 23.8 Å². The molecule has 3 heterocycles. The molecule has 0 radical (unpaired) electrons. The van der Waals surface area contributed by atoms with Crippen LogP contribution in [0, 0.1) is 17.2 Å². The summed E-state index contributed by atoms with van der Waals surface area (Å²) in [6, 6.07) is 3.76. The van der Waals surface area contributed by atoms with Gasteiger partial charge in [-0.3, -0.25) is 4.79 Å². The van der Waals surface area contributed by atoms with Crippen LogP contribution in [0.25, 0.3) is 11.0 Å². The highest BCUT2D eigenvalue weighted by molar-refractivity contribution is 5.93. The van der Waals surface area contributed by atoms with Crippen molar-refractivity contribution in [1.29, 1.82) is 5.26 Å². The topological polar surface area (TPSA) is 141 Å². The van der Waals surface area contributed by atoms with Gasteiger partial charge >= 0.3 is 6.09 Å². The van der Waals surface area contributed by atoms with E-state index in [1.54, 1.807) is 11.0 Å². The average Bonchev–Trinajstić information content (AvgIpc) is 3.15. The number of amides is 1. The summed E-state index contributed by atoms with van der Waals surface area (Å²) in [5.41, 5.74) is 6.31. The van der Waals surface area contributed by atoms with Gasteiger partial charge in [0.15, 0.2) is 5.65 Å². The maximum absolute atomic E-state index is 12.3. The van der Waals surface area contributed by atoms with Crippen molar-refractivity contribution < 1.29 is 14.7 Å². The molecule has 2 aliphatic rings. The fraction of sp³-hybridized carbons (Fsp3) is 0.571. The van der Waals surface area contributed by atoms with Gasteiger partial charge in [-0.2, -0.15) is 5.26 Å². The largest absolute Gasteiger partial charge is 0.464 e. The lowest BCUT2D eigenvalue weighted by Gasteiger charge is -2.42. The number of nitrogens with zero attached hydrogens (tertiary/aromatic N) is 6. The van der Waals surface area contributed by atoms with E-state index in [4.69, 9.17) is 16.0 Å². The van der Waals surface area contributed by atoms with E-state index < -0.39 is 6.09 Å². The summed E-state index contributed by atoms with van der Waals surface area (Å²) in [6.45, 7) is 3.26. The minimum Gasteiger partial charge on any atom is -0.464 e. The minimum atomic E-state index is -1.10. The summed E-state index contributed by atoms with van der Waals surface area (Å²) in [6.07, 6.45) is 2.63. The second kappa shape index (κ2) is 8.15. The molecule has 2 atom stereocenters. The van der Waals surface area contributed by atoms with Crippen LogP contribution in [-0.4, -0.2) is 68.8 Å². The van der Waals surface area contributed by atoms with Crippen LogP contribution in [0.15, 0.2) is 12.3 Å². The van der Waals surface area contributed by atoms with Crippen molar-refractivity contribution >= 4 is 28.9 Å². The molecule has 2 aromatic heterocycles. The van der Waals surface area contributed by atoms with E-state index in [1.165, 1.54) is 6.20 Å². The number of rotatable bonds is 4. The Hall–Kier alpha value is -3.19. The lowest BCUT2D eigenvalue weighted by molar-refractivity contribution is -0.131. The molecule has 2 aromatic rings. The number of carboxylic acid groups (broad SMARTS) is 1.